The Morgan fingerprint density at radius 3 is 2.55 bits per heavy atom. The molecule has 0 saturated carbocycles. The Morgan fingerprint density at radius 1 is 1.10 bits per heavy atom. The molecule has 0 atom stereocenters. The fourth-order valence-electron chi connectivity index (χ4n) is 2.68. The zero-order chi connectivity index (χ0) is 13.9. The lowest BCUT2D eigenvalue weighted by Crippen LogP contribution is -2.26. The van der Waals surface area contributed by atoms with E-state index in [1.54, 1.807) is 0 Å². The van der Waals surface area contributed by atoms with Crippen LogP contribution in [-0.2, 0) is 15.9 Å². The van der Waals surface area contributed by atoms with Crippen LogP contribution >= 0.6 is 22.7 Å². The van der Waals surface area contributed by atoms with Gasteiger partial charge in [-0.3, -0.25) is 0 Å². The molecule has 0 spiro atoms. The molecule has 2 nitrogen and oxygen atoms in total. The molecule has 0 bridgehead atoms. The molecule has 0 amide bonds. The third kappa shape index (κ3) is 3.08. The summed E-state index contributed by atoms with van der Waals surface area (Å²) in [6.07, 6.45) is 4.68. The van der Waals surface area contributed by atoms with Crippen LogP contribution in [0, 0.1) is 5.92 Å². The molecular formula is C16H22O2S2. The van der Waals surface area contributed by atoms with Crippen LogP contribution in [0.25, 0.3) is 9.40 Å². The van der Waals surface area contributed by atoms with E-state index < -0.39 is 0 Å². The van der Waals surface area contributed by atoms with E-state index >= 15 is 0 Å². The first-order valence-corrected chi connectivity index (χ1v) is 9.18. The quantitative estimate of drug-likeness (QED) is 0.738. The second-order valence-corrected chi connectivity index (χ2v) is 7.99. The third-order valence-electron chi connectivity index (χ3n) is 3.68. The highest BCUT2D eigenvalue weighted by molar-refractivity contribution is 7.38. The van der Waals surface area contributed by atoms with Crippen LogP contribution in [-0.4, -0.2) is 13.2 Å². The van der Waals surface area contributed by atoms with Gasteiger partial charge in [-0.25, -0.2) is 0 Å². The Morgan fingerprint density at radius 2 is 1.90 bits per heavy atom. The number of rotatable bonds is 5. The molecule has 0 aliphatic carbocycles. The molecule has 1 aliphatic heterocycles. The zero-order valence-corrected chi connectivity index (χ0v) is 13.8. The first-order chi connectivity index (χ1) is 9.80. The van der Waals surface area contributed by atoms with Crippen LogP contribution in [0.5, 0.6) is 0 Å². The minimum atomic E-state index is -0.137. The van der Waals surface area contributed by atoms with Gasteiger partial charge in [-0.05, 0) is 25.0 Å². The van der Waals surface area contributed by atoms with Gasteiger partial charge >= 0.3 is 0 Å². The maximum Gasteiger partial charge on any atom is 0.193 e. The van der Waals surface area contributed by atoms with Gasteiger partial charge in [-0.2, -0.15) is 0 Å². The highest BCUT2D eigenvalue weighted by Crippen LogP contribution is 2.39. The van der Waals surface area contributed by atoms with Gasteiger partial charge in [0.05, 0.1) is 22.1 Å². The monoisotopic (exact) mass is 310 g/mol. The lowest BCUT2D eigenvalue weighted by atomic mass is 10.1. The van der Waals surface area contributed by atoms with Crippen molar-refractivity contribution in [2.45, 2.75) is 45.8 Å². The predicted octanol–water partition coefficient (Wildman–Crippen LogP) is 5.38. The lowest BCUT2D eigenvalue weighted by molar-refractivity contribution is -0.204. The molecule has 110 valence electrons. The summed E-state index contributed by atoms with van der Waals surface area (Å²) >= 11 is 3.76. The first kappa shape index (κ1) is 14.5. The first-order valence-electron chi connectivity index (χ1n) is 7.55. The summed E-state index contributed by atoms with van der Waals surface area (Å²) in [5.74, 6) is 0.577. The number of aryl methyl sites for hydroxylation is 1. The molecule has 20 heavy (non-hydrogen) atoms. The van der Waals surface area contributed by atoms with Crippen molar-refractivity contribution in [3.8, 4) is 0 Å². The molecule has 1 saturated heterocycles. The van der Waals surface area contributed by atoms with E-state index in [0.717, 1.165) is 13.2 Å². The average Bonchev–Trinajstić information content (AvgIpc) is 2.98. The van der Waals surface area contributed by atoms with Gasteiger partial charge in [0.1, 0.15) is 0 Å². The fraction of sp³-hybridized carbons (Fsp3) is 0.625. The molecule has 0 unspecified atom stereocenters. The van der Waals surface area contributed by atoms with Crippen molar-refractivity contribution in [1.82, 2.24) is 0 Å². The van der Waals surface area contributed by atoms with Gasteiger partial charge < -0.3 is 9.47 Å². The standard InChI is InChI=1S/C16H22O2S2/c1-3-5-11-9-17-15(18-10-11)14-8-12-7-13(6-4-2)19-16(12)20-14/h7-8,11,15H,3-6,9-10H2,1-2H3. The van der Waals surface area contributed by atoms with Gasteiger partial charge in [0.25, 0.3) is 0 Å². The molecule has 2 aromatic rings. The summed E-state index contributed by atoms with van der Waals surface area (Å²) in [6, 6.07) is 4.58. The maximum absolute atomic E-state index is 5.90. The molecule has 1 fully saturated rings. The molecule has 3 rings (SSSR count). The maximum atomic E-state index is 5.90. The Labute approximate surface area is 128 Å². The van der Waals surface area contributed by atoms with Crippen LogP contribution in [0.15, 0.2) is 12.1 Å². The molecule has 1 aliphatic rings. The van der Waals surface area contributed by atoms with Crippen molar-refractivity contribution in [1.29, 1.82) is 0 Å². The summed E-state index contributed by atoms with van der Waals surface area (Å²) in [5, 5.41) is 1.36. The Bertz CT molecular complexity index is 518. The van der Waals surface area contributed by atoms with Crippen molar-refractivity contribution in [2.75, 3.05) is 13.2 Å². The van der Waals surface area contributed by atoms with Gasteiger partial charge in [0.15, 0.2) is 6.29 Å². The molecule has 2 aromatic heterocycles. The fourth-order valence-corrected chi connectivity index (χ4v) is 5.29. The van der Waals surface area contributed by atoms with Gasteiger partial charge in [-0.1, -0.05) is 26.7 Å². The smallest absolute Gasteiger partial charge is 0.193 e. The topological polar surface area (TPSA) is 18.5 Å². The van der Waals surface area contributed by atoms with Crippen molar-refractivity contribution in [2.24, 2.45) is 5.92 Å². The van der Waals surface area contributed by atoms with E-state index in [9.17, 15) is 0 Å². The zero-order valence-electron chi connectivity index (χ0n) is 12.2. The van der Waals surface area contributed by atoms with E-state index in [1.165, 1.54) is 44.8 Å². The molecule has 3 heterocycles. The van der Waals surface area contributed by atoms with Crippen LogP contribution in [0.2, 0.25) is 0 Å². The van der Waals surface area contributed by atoms with E-state index in [2.05, 4.69) is 26.0 Å². The minimum Gasteiger partial charge on any atom is -0.347 e. The Kier molecular flexibility index (Phi) is 4.76. The van der Waals surface area contributed by atoms with Crippen molar-refractivity contribution in [3.05, 3.63) is 21.9 Å². The van der Waals surface area contributed by atoms with Crippen molar-refractivity contribution in [3.63, 3.8) is 0 Å². The number of fused-ring (bicyclic) bond motifs is 1. The normalized spacial score (nSPS) is 23.5. The third-order valence-corrected chi connectivity index (χ3v) is 6.15. The molecule has 0 aromatic carbocycles. The SMILES string of the molecule is CCCc1cc2cc(C3OCC(CCC)CO3)sc2s1. The van der Waals surface area contributed by atoms with Crippen LogP contribution < -0.4 is 0 Å². The summed E-state index contributed by atoms with van der Waals surface area (Å²) in [6.45, 7) is 6.12. The van der Waals surface area contributed by atoms with E-state index in [1.807, 2.05) is 22.7 Å². The molecular weight excluding hydrogens is 288 g/mol. The van der Waals surface area contributed by atoms with E-state index in [0.29, 0.717) is 5.92 Å². The van der Waals surface area contributed by atoms with Crippen molar-refractivity contribution < 1.29 is 9.47 Å². The number of hydrogen-bond acceptors (Lipinski definition) is 4. The van der Waals surface area contributed by atoms with Crippen LogP contribution in [0.4, 0.5) is 0 Å². The largest absolute Gasteiger partial charge is 0.347 e. The van der Waals surface area contributed by atoms with Gasteiger partial charge in [-0.15, -0.1) is 22.7 Å². The summed E-state index contributed by atoms with van der Waals surface area (Å²) in [5.41, 5.74) is 0. The minimum absolute atomic E-state index is 0.137. The van der Waals surface area contributed by atoms with Gasteiger partial charge in [0.2, 0.25) is 0 Å². The average molecular weight is 310 g/mol. The van der Waals surface area contributed by atoms with Crippen LogP contribution in [0.1, 0.15) is 49.2 Å². The van der Waals surface area contributed by atoms with Gasteiger partial charge in [0, 0.05) is 16.2 Å². The summed E-state index contributed by atoms with van der Waals surface area (Å²) < 4.78 is 13.2. The second-order valence-electron chi connectivity index (χ2n) is 5.51. The lowest BCUT2D eigenvalue weighted by Gasteiger charge is -2.28. The number of hydrogen-bond donors (Lipinski definition) is 0. The summed E-state index contributed by atoms with van der Waals surface area (Å²) in [4.78, 5) is 2.72. The highest BCUT2D eigenvalue weighted by atomic mass is 32.2. The molecule has 0 radical (unpaired) electrons. The van der Waals surface area contributed by atoms with E-state index in [4.69, 9.17) is 9.47 Å². The highest BCUT2D eigenvalue weighted by Gasteiger charge is 2.24. The Hall–Kier alpha value is -0.420. The van der Waals surface area contributed by atoms with E-state index in [-0.39, 0.29) is 6.29 Å². The van der Waals surface area contributed by atoms with Crippen LogP contribution in [0.3, 0.4) is 0 Å². The molecule has 4 heteroatoms. The summed E-state index contributed by atoms with van der Waals surface area (Å²) in [7, 11) is 0. The van der Waals surface area contributed by atoms with Crippen molar-refractivity contribution >= 4 is 32.1 Å². The predicted molar refractivity (Wildman–Crippen MR) is 86.7 cm³/mol. The second kappa shape index (κ2) is 6.56. The number of thiophene rings is 2. The number of ether oxygens (including phenoxy) is 2. The molecule has 0 N–H and O–H groups in total. The Balaban J connectivity index is 1.67.